The predicted molar refractivity (Wildman–Crippen MR) is 98.6 cm³/mol. The smallest absolute Gasteiger partial charge is 0.240 e. The van der Waals surface area contributed by atoms with Crippen LogP contribution < -0.4 is 10.6 Å². The Morgan fingerprint density at radius 2 is 2.20 bits per heavy atom. The van der Waals surface area contributed by atoms with Gasteiger partial charge in [-0.3, -0.25) is 14.6 Å². The quantitative estimate of drug-likeness (QED) is 0.771. The predicted octanol–water partition coefficient (Wildman–Crippen LogP) is 1.50. The molecule has 2 aliphatic rings. The summed E-state index contributed by atoms with van der Waals surface area (Å²) in [5, 5.41) is 5.83. The molecule has 0 spiro atoms. The summed E-state index contributed by atoms with van der Waals surface area (Å²) in [6.45, 7) is 1.93. The van der Waals surface area contributed by atoms with Gasteiger partial charge in [-0.05, 0) is 24.8 Å². The van der Waals surface area contributed by atoms with E-state index < -0.39 is 5.25 Å². The van der Waals surface area contributed by atoms with Gasteiger partial charge < -0.3 is 15.4 Å². The number of rotatable bonds is 7. The van der Waals surface area contributed by atoms with E-state index in [-0.39, 0.29) is 24.3 Å². The highest BCUT2D eigenvalue weighted by molar-refractivity contribution is 8.15. The number of hydrogen-bond donors (Lipinski definition) is 2. The molecule has 0 saturated carbocycles. The average Bonchev–Trinajstić information content (AvgIpc) is 3.24. The summed E-state index contributed by atoms with van der Waals surface area (Å²) in [5.74, 6) is -0.252. The van der Waals surface area contributed by atoms with E-state index in [1.54, 1.807) is 0 Å². The van der Waals surface area contributed by atoms with Gasteiger partial charge in [-0.15, -0.1) is 0 Å². The molecule has 2 fully saturated rings. The Morgan fingerprint density at radius 3 is 2.96 bits per heavy atom. The zero-order chi connectivity index (χ0) is 17.5. The molecule has 2 amide bonds. The summed E-state index contributed by atoms with van der Waals surface area (Å²) in [5.41, 5.74) is 1.18. The third kappa shape index (κ3) is 5.57. The van der Waals surface area contributed by atoms with Crippen LogP contribution in [0.15, 0.2) is 35.3 Å². The summed E-state index contributed by atoms with van der Waals surface area (Å²) in [6, 6.07) is 9.99. The van der Waals surface area contributed by atoms with Gasteiger partial charge in [0, 0.05) is 19.6 Å². The number of nitrogens with zero attached hydrogens (tertiary/aromatic N) is 1. The van der Waals surface area contributed by atoms with Gasteiger partial charge in [0.15, 0.2) is 5.17 Å². The fourth-order valence-corrected chi connectivity index (χ4v) is 3.80. The number of ether oxygens (including phenoxy) is 1. The lowest BCUT2D eigenvalue weighted by Gasteiger charge is -2.07. The number of hydrogen-bond acceptors (Lipinski definition) is 5. The summed E-state index contributed by atoms with van der Waals surface area (Å²) in [6.07, 6.45) is 3.20. The van der Waals surface area contributed by atoms with Crippen molar-refractivity contribution in [3.63, 3.8) is 0 Å². The Labute approximate surface area is 151 Å². The van der Waals surface area contributed by atoms with Gasteiger partial charge in [0.1, 0.15) is 5.25 Å². The summed E-state index contributed by atoms with van der Waals surface area (Å²) in [7, 11) is 0. The van der Waals surface area contributed by atoms with Crippen molar-refractivity contribution in [3.8, 4) is 0 Å². The first-order valence-corrected chi connectivity index (χ1v) is 9.53. The lowest BCUT2D eigenvalue weighted by Crippen LogP contribution is -2.32. The monoisotopic (exact) mass is 361 g/mol. The molecule has 7 heteroatoms. The minimum Gasteiger partial charge on any atom is -0.376 e. The number of amidine groups is 1. The Hall–Kier alpha value is -1.86. The Kier molecular flexibility index (Phi) is 6.47. The lowest BCUT2D eigenvalue weighted by molar-refractivity contribution is -0.125. The zero-order valence-electron chi connectivity index (χ0n) is 14.1. The molecule has 6 nitrogen and oxygen atoms in total. The Bertz CT molecular complexity index is 630. The molecule has 2 N–H and O–H groups in total. The van der Waals surface area contributed by atoms with Crippen molar-refractivity contribution >= 4 is 28.7 Å². The van der Waals surface area contributed by atoms with E-state index in [1.807, 2.05) is 30.3 Å². The van der Waals surface area contributed by atoms with Crippen molar-refractivity contribution in [2.75, 3.05) is 19.7 Å². The molecular weight excluding hydrogens is 338 g/mol. The van der Waals surface area contributed by atoms with Crippen molar-refractivity contribution in [2.45, 2.75) is 37.0 Å². The molecule has 0 aromatic heterocycles. The normalized spacial score (nSPS) is 24.5. The van der Waals surface area contributed by atoms with E-state index in [4.69, 9.17) is 4.74 Å². The van der Waals surface area contributed by atoms with Crippen LogP contribution in [0, 0.1) is 0 Å². The summed E-state index contributed by atoms with van der Waals surface area (Å²) >= 11 is 1.33. The van der Waals surface area contributed by atoms with Crippen LogP contribution >= 0.6 is 11.8 Å². The van der Waals surface area contributed by atoms with Crippen LogP contribution in [0.3, 0.4) is 0 Å². The molecule has 0 aliphatic carbocycles. The van der Waals surface area contributed by atoms with Gasteiger partial charge in [0.2, 0.25) is 11.8 Å². The third-order valence-corrected chi connectivity index (χ3v) is 5.31. The molecule has 0 bridgehead atoms. The molecule has 25 heavy (non-hydrogen) atoms. The fraction of sp³-hybridized carbons (Fsp3) is 0.500. The van der Waals surface area contributed by atoms with Crippen LogP contribution in [0.2, 0.25) is 0 Å². The number of carbonyl (C=O) groups is 2. The number of nitrogens with one attached hydrogen (secondary N) is 2. The molecule has 2 heterocycles. The van der Waals surface area contributed by atoms with E-state index >= 15 is 0 Å². The van der Waals surface area contributed by atoms with Crippen LogP contribution in [0.25, 0.3) is 0 Å². The van der Waals surface area contributed by atoms with Crippen molar-refractivity contribution in [1.82, 2.24) is 10.6 Å². The second-order valence-electron chi connectivity index (χ2n) is 6.17. The molecule has 2 aliphatic heterocycles. The van der Waals surface area contributed by atoms with Gasteiger partial charge in [0.25, 0.3) is 0 Å². The maximum atomic E-state index is 12.0. The van der Waals surface area contributed by atoms with Crippen molar-refractivity contribution < 1.29 is 14.3 Å². The highest BCUT2D eigenvalue weighted by Gasteiger charge is 2.32. The Balaban J connectivity index is 1.39. The van der Waals surface area contributed by atoms with E-state index in [9.17, 15) is 9.59 Å². The van der Waals surface area contributed by atoms with Gasteiger partial charge in [-0.1, -0.05) is 42.1 Å². The molecule has 1 aromatic rings. The number of benzene rings is 1. The van der Waals surface area contributed by atoms with E-state index in [1.165, 1.54) is 17.3 Å². The number of amides is 2. The van der Waals surface area contributed by atoms with Crippen molar-refractivity contribution in [2.24, 2.45) is 4.99 Å². The van der Waals surface area contributed by atoms with Crippen molar-refractivity contribution in [3.05, 3.63) is 35.9 Å². The molecule has 2 atom stereocenters. The third-order valence-electron chi connectivity index (χ3n) is 4.19. The van der Waals surface area contributed by atoms with Crippen molar-refractivity contribution in [1.29, 1.82) is 0 Å². The maximum Gasteiger partial charge on any atom is 0.240 e. The molecule has 3 rings (SSSR count). The fourth-order valence-electron chi connectivity index (χ4n) is 2.82. The molecule has 0 unspecified atom stereocenters. The highest BCUT2D eigenvalue weighted by Crippen LogP contribution is 2.23. The minimum absolute atomic E-state index is 0.107. The molecule has 134 valence electrons. The van der Waals surface area contributed by atoms with Crippen LogP contribution in [0.4, 0.5) is 0 Å². The Morgan fingerprint density at radius 1 is 1.36 bits per heavy atom. The SMILES string of the molecule is O=C(C[C@H]1SC(=NC[C@@H]2CCCO2)NC1=O)NCCc1ccccc1. The summed E-state index contributed by atoms with van der Waals surface area (Å²) < 4.78 is 5.52. The second kappa shape index (κ2) is 9.01. The minimum atomic E-state index is -0.403. The van der Waals surface area contributed by atoms with Gasteiger partial charge >= 0.3 is 0 Å². The van der Waals surface area contributed by atoms with Crippen LogP contribution in [-0.2, 0) is 20.7 Å². The number of thioether (sulfide) groups is 1. The van der Waals surface area contributed by atoms with Crippen LogP contribution in [0.5, 0.6) is 0 Å². The molecular formula is C18H23N3O3S. The van der Waals surface area contributed by atoms with Gasteiger partial charge in [-0.2, -0.15) is 0 Å². The summed E-state index contributed by atoms with van der Waals surface area (Å²) in [4.78, 5) is 28.4. The first kappa shape index (κ1) is 17.9. The largest absolute Gasteiger partial charge is 0.376 e. The first-order chi connectivity index (χ1) is 12.2. The second-order valence-corrected chi connectivity index (χ2v) is 7.36. The lowest BCUT2D eigenvalue weighted by atomic mass is 10.1. The zero-order valence-corrected chi connectivity index (χ0v) is 14.9. The van der Waals surface area contributed by atoms with Crippen LogP contribution in [-0.4, -0.2) is 48.0 Å². The standard InChI is InChI=1S/C18H23N3O3S/c22-16(19-9-8-13-5-2-1-3-6-13)11-15-17(23)21-18(25-15)20-12-14-7-4-10-24-14/h1-3,5-6,14-15H,4,7-12H2,(H,19,22)(H,20,21,23)/t14-,15+/m0/s1. The number of aliphatic imine (C=N–C) groups is 1. The molecule has 1 aromatic carbocycles. The topological polar surface area (TPSA) is 79.8 Å². The van der Waals surface area contributed by atoms with E-state index in [0.29, 0.717) is 18.3 Å². The first-order valence-electron chi connectivity index (χ1n) is 8.65. The molecule has 2 saturated heterocycles. The van der Waals surface area contributed by atoms with E-state index in [2.05, 4.69) is 15.6 Å². The maximum absolute atomic E-state index is 12.0. The highest BCUT2D eigenvalue weighted by atomic mass is 32.2. The number of carbonyl (C=O) groups excluding carboxylic acids is 2. The van der Waals surface area contributed by atoms with Gasteiger partial charge in [0.05, 0.1) is 12.6 Å². The molecule has 0 radical (unpaired) electrons. The van der Waals surface area contributed by atoms with Crippen LogP contribution in [0.1, 0.15) is 24.8 Å². The van der Waals surface area contributed by atoms with Gasteiger partial charge in [-0.25, -0.2) is 0 Å². The average molecular weight is 361 g/mol. The van der Waals surface area contributed by atoms with E-state index in [0.717, 1.165) is 25.9 Å².